The van der Waals surface area contributed by atoms with E-state index in [2.05, 4.69) is 0 Å². The van der Waals surface area contributed by atoms with Crippen molar-refractivity contribution in [2.75, 3.05) is 13.1 Å². The van der Waals surface area contributed by atoms with Crippen LogP contribution in [0.5, 0.6) is 0 Å². The Morgan fingerprint density at radius 1 is 1.33 bits per heavy atom. The van der Waals surface area contributed by atoms with Gasteiger partial charge in [-0.1, -0.05) is 37.3 Å². The predicted molar refractivity (Wildman–Crippen MR) is 67.2 cm³/mol. The number of hydrogen-bond acceptors (Lipinski definition) is 2. The molecule has 1 aliphatic heterocycles. The summed E-state index contributed by atoms with van der Waals surface area (Å²) >= 11 is 0. The molecule has 0 bridgehead atoms. The van der Waals surface area contributed by atoms with E-state index in [0.29, 0.717) is 13.1 Å². The highest BCUT2D eigenvalue weighted by Gasteiger charge is 2.38. The Morgan fingerprint density at radius 3 is 2.44 bits per heavy atom. The Morgan fingerprint density at radius 2 is 1.94 bits per heavy atom. The average Bonchev–Trinajstić information content (AvgIpc) is 2.29. The van der Waals surface area contributed by atoms with E-state index < -0.39 is 5.97 Å². The fourth-order valence-corrected chi connectivity index (χ4v) is 2.27. The number of carboxylic acid groups (broad SMARTS) is 1. The molecule has 1 unspecified atom stereocenters. The van der Waals surface area contributed by atoms with Gasteiger partial charge < -0.3 is 10.0 Å². The monoisotopic (exact) mass is 247 g/mol. The van der Waals surface area contributed by atoms with E-state index in [9.17, 15) is 9.59 Å². The molecule has 1 aromatic rings. The summed E-state index contributed by atoms with van der Waals surface area (Å²) in [5, 5.41) is 8.81. The van der Waals surface area contributed by atoms with Crippen molar-refractivity contribution >= 4 is 11.9 Å². The first-order valence-corrected chi connectivity index (χ1v) is 6.20. The first-order chi connectivity index (χ1) is 8.63. The number of rotatable bonds is 4. The van der Waals surface area contributed by atoms with Crippen molar-refractivity contribution in [2.45, 2.75) is 19.3 Å². The molecule has 1 atom stereocenters. The number of nitrogens with zero attached hydrogens (tertiary/aromatic N) is 1. The van der Waals surface area contributed by atoms with Crippen LogP contribution in [-0.4, -0.2) is 35.0 Å². The largest absolute Gasteiger partial charge is 0.481 e. The van der Waals surface area contributed by atoms with Crippen LogP contribution >= 0.6 is 0 Å². The summed E-state index contributed by atoms with van der Waals surface area (Å²) < 4.78 is 0. The lowest BCUT2D eigenvalue weighted by Crippen LogP contribution is -2.54. The maximum absolute atomic E-state index is 12.3. The van der Waals surface area contributed by atoms with Crippen molar-refractivity contribution in [3.8, 4) is 0 Å². The standard InChI is InChI=1S/C14H17NO3/c1-2-12(10-6-4-3-5-7-10)13(16)15-8-11(9-15)14(17)18/h3-7,11-12H,2,8-9H2,1H3,(H,17,18). The Labute approximate surface area is 106 Å². The molecule has 4 nitrogen and oxygen atoms in total. The van der Waals surface area contributed by atoms with Gasteiger partial charge in [0.1, 0.15) is 0 Å². The van der Waals surface area contributed by atoms with Crippen molar-refractivity contribution in [3.63, 3.8) is 0 Å². The number of hydrogen-bond donors (Lipinski definition) is 1. The van der Waals surface area contributed by atoms with Crippen molar-refractivity contribution in [2.24, 2.45) is 5.92 Å². The van der Waals surface area contributed by atoms with Gasteiger partial charge in [-0.2, -0.15) is 0 Å². The normalized spacial score (nSPS) is 17.1. The van der Waals surface area contributed by atoms with E-state index in [-0.39, 0.29) is 17.7 Å². The highest BCUT2D eigenvalue weighted by molar-refractivity contribution is 5.86. The topological polar surface area (TPSA) is 57.6 Å². The van der Waals surface area contributed by atoms with Gasteiger partial charge in [0, 0.05) is 13.1 Å². The molecule has 0 aliphatic carbocycles. The molecular weight excluding hydrogens is 230 g/mol. The Bertz CT molecular complexity index is 438. The van der Waals surface area contributed by atoms with Crippen LogP contribution < -0.4 is 0 Å². The second-order valence-corrected chi connectivity index (χ2v) is 4.65. The highest BCUT2D eigenvalue weighted by Crippen LogP contribution is 2.26. The van der Waals surface area contributed by atoms with Gasteiger partial charge in [-0.05, 0) is 12.0 Å². The quantitative estimate of drug-likeness (QED) is 0.881. The van der Waals surface area contributed by atoms with Gasteiger partial charge in [-0.15, -0.1) is 0 Å². The summed E-state index contributed by atoms with van der Waals surface area (Å²) in [4.78, 5) is 24.6. The summed E-state index contributed by atoms with van der Waals surface area (Å²) in [6.45, 7) is 2.67. The van der Waals surface area contributed by atoms with Gasteiger partial charge in [0.25, 0.3) is 0 Å². The minimum absolute atomic E-state index is 0.0428. The van der Waals surface area contributed by atoms with Crippen LogP contribution in [0.4, 0.5) is 0 Å². The summed E-state index contributed by atoms with van der Waals surface area (Å²) in [5.41, 5.74) is 1.00. The second kappa shape index (κ2) is 5.21. The van der Waals surface area contributed by atoms with E-state index in [1.54, 1.807) is 4.90 Å². The molecule has 0 radical (unpaired) electrons. The van der Waals surface area contributed by atoms with Crippen LogP contribution in [-0.2, 0) is 9.59 Å². The van der Waals surface area contributed by atoms with Crippen molar-refractivity contribution in [1.82, 2.24) is 4.90 Å². The smallest absolute Gasteiger partial charge is 0.310 e. The van der Waals surface area contributed by atoms with E-state index in [0.717, 1.165) is 12.0 Å². The first-order valence-electron chi connectivity index (χ1n) is 6.20. The van der Waals surface area contributed by atoms with Gasteiger partial charge >= 0.3 is 5.97 Å². The molecule has 1 aromatic carbocycles. The number of carbonyl (C=O) groups excluding carboxylic acids is 1. The summed E-state index contributed by atoms with van der Waals surface area (Å²) in [7, 11) is 0. The molecule has 0 saturated carbocycles. The lowest BCUT2D eigenvalue weighted by Gasteiger charge is -2.38. The third-order valence-corrected chi connectivity index (χ3v) is 3.45. The minimum atomic E-state index is -0.813. The molecule has 96 valence electrons. The molecule has 1 amide bonds. The van der Waals surface area contributed by atoms with Crippen LogP contribution in [0.3, 0.4) is 0 Å². The molecule has 0 spiro atoms. The van der Waals surface area contributed by atoms with Gasteiger partial charge in [-0.3, -0.25) is 9.59 Å². The summed E-state index contributed by atoms with van der Waals surface area (Å²) in [6.07, 6.45) is 0.733. The van der Waals surface area contributed by atoms with E-state index >= 15 is 0 Å². The van der Waals surface area contributed by atoms with E-state index in [1.165, 1.54) is 0 Å². The summed E-state index contributed by atoms with van der Waals surface area (Å²) in [6, 6.07) is 9.65. The lowest BCUT2D eigenvalue weighted by atomic mass is 9.91. The van der Waals surface area contributed by atoms with Gasteiger partial charge in [-0.25, -0.2) is 0 Å². The van der Waals surface area contributed by atoms with Crippen molar-refractivity contribution in [3.05, 3.63) is 35.9 Å². The molecule has 2 rings (SSSR count). The predicted octanol–water partition coefficient (Wildman–Crippen LogP) is 1.72. The number of amides is 1. The fourth-order valence-electron chi connectivity index (χ4n) is 2.27. The zero-order valence-electron chi connectivity index (χ0n) is 10.4. The minimum Gasteiger partial charge on any atom is -0.481 e. The molecule has 4 heteroatoms. The first kappa shape index (κ1) is 12.6. The van der Waals surface area contributed by atoms with Crippen LogP contribution in [0, 0.1) is 5.92 Å². The number of carboxylic acids is 1. The molecule has 0 aromatic heterocycles. The molecule has 1 heterocycles. The zero-order chi connectivity index (χ0) is 13.1. The molecule has 1 saturated heterocycles. The number of aliphatic carboxylic acids is 1. The molecule has 1 aliphatic rings. The van der Waals surface area contributed by atoms with Gasteiger partial charge in [0.2, 0.25) is 5.91 Å². The number of carbonyl (C=O) groups is 2. The molecular formula is C14H17NO3. The average molecular weight is 247 g/mol. The van der Waals surface area contributed by atoms with Crippen molar-refractivity contribution in [1.29, 1.82) is 0 Å². The Kier molecular flexibility index (Phi) is 3.65. The Balaban J connectivity index is 2.02. The van der Waals surface area contributed by atoms with Crippen LogP contribution in [0.25, 0.3) is 0 Å². The van der Waals surface area contributed by atoms with Crippen LogP contribution in [0.1, 0.15) is 24.8 Å². The van der Waals surface area contributed by atoms with E-state index in [4.69, 9.17) is 5.11 Å². The highest BCUT2D eigenvalue weighted by atomic mass is 16.4. The summed E-state index contributed by atoms with van der Waals surface area (Å²) in [5.74, 6) is -1.31. The molecule has 1 fully saturated rings. The van der Waals surface area contributed by atoms with Gasteiger partial charge in [0.05, 0.1) is 11.8 Å². The zero-order valence-corrected chi connectivity index (χ0v) is 10.4. The SMILES string of the molecule is CCC(C(=O)N1CC(C(=O)O)C1)c1ccccc1. The maximum atomic E-state index is 12.3. The number of likely N-dealkylation sites (tertiary alicyclic amines) is 1. The molecule has 1 N–H and O–H groups in total. The maximum Gasteiger partial charge on any atom is 0.310 e. The lowest BCUT2D eigenvalue weighted by molar-refractivity contribution is -0.153. The fraction of sp³-hybridized carbons (Fsp3) is 0.429. The Hall–Kier alpha value is -1.84. The van der Waals surface area contributed by atoms with E-state index in [1.807, 2.05) is 37.3 Å². The van der Waals surface area contributed by atoms with Crippen LogP contribution in [0.2, 0.25) is 0 Å². The van der Waals surface area contributed by atoms with Gasteiger partial charge in [0.15, 0.2) is 0 Å². The second-order valence-electron chi connectivity index (χ2n) is 4.65. The molecule has 18 heavy (non-hydrogen) atoms. The van der Waals surface area contributed by atoms with Crippen molar-refractivity contribution < 1.29 is 14.7 Å². The third kappa shape index (κ3) is 2.37. The van der Waals surface area contributed by atoms with Crippen LogP contribution in [0.15, 0.2) is 30.3 Å². The third-order valence-electron chi connectivity index (χ3n) is 3.45. The number of benzene rings is 1.